The smallest absolute Gasteiger partial charge is 0.296 e. The fraction of sp³-hybridized carbons (Fsp3) is 0.571. The SMILES string of the molecule is CCc1ccnc(C(=O)N2O[C@@H]3CC[C@H]2[C@@H](O)[C@H]3O)c1. The Bertz CT molecular complexity index is 520. The minimum Gasteiger partial charge on any atom is -0.388 e. The first-order valence-corrected chi connectivity index (χ1v) is 6.93. The van der Waals surface area contributed by atoms with Gasteiger partial charge in [-0.25, -0.2) is 5.06 Å². The van der Waals surface area contributed by atoms with Crippen molar-refractivity contribution in [2.24, 2.45) is 0 Å². The first-order chi connectivity index (χ1) is 9.61. The van der Waals surface area contributed by atoms with Crippen molar-refractivity contribution >= 4 is 5.91 Å². The minimum atomic E-state index is -0.958. The van der Waals surface area contributed by atoms with Crippen molar-refractivity contribution in [3.63, 3.8) is 0 Å². The molecule has 0 spiro atoms. The van der Waals surface area contributed by atoms with Crippen LogP contribution in [0.5, 0.6) is 0 Å². The van der Waals surface area contributed by atoms with E-state index in [2.05, 4.69) is 4.98 Å². The van der Waals surface area contributed by atoms with E-state index >= 15 is 0 Å². The lowest BCUT2D eigenvalue weighted by Gasteiger charge is -2.49. The summed E-state index contributed by atoms with van der Waals surface area (Å²) in [4.78, 5) is 22.0. The predicted octanol–water partition coefficient (Wildman–Crippen LogP) is 0.284. The number of hydrogen-bond donors (Lipinski definition) is 2. The Balaban J connectivity index is 1.84. The van der Waals surface area contributed by atoms with Crippen LogP contribution in [0.25, 0.3) is 0 Å². The number of amides is 1. The van der Waals surface area contributed by atoms with E-state index in [4.69, 9.17) is 4.84 Å². The quantitative estimate of drug-likeness (QED) is 0.812. The number of hydrogen-bond acceptors (Lipinski definition) is 5. The molecule has 1 amide bonds. The van der Waals surface area contributed by atoms with Gasteiger partial charge in [0.2, 0.25) is 0 Å². The maximum Gasteiger partial charge on any atom is 0.296 e. The predicted molar refractivity (Wildman–Crippen MR) is 69.7 cm³/mol. The van der Waals surface area contributed by atoms with E-state index in [1.165, 1.54) is 5.06 Å². The van der Waals surface area contributed by atoms with Gasteiger partial charge in [-0.2, -0.15) is 0 Å². The Morgan fingerprint density at radius 1 is 1.45 bits per heavy atom. The standard InChI is InChI=1S/C14H18N2O4/c1-2-8-5-6-15-9(7-8)14(19)16-10-3-4-11(20-16)13(18)12(10)17/h5-7,10-13,17-18H,2-4H2,1H3/t10-,11+,12+,13-/m0/s1. The Hall–Kier alpha value is -1.50. The first kappa shape index (κ1) is 13.5. The molecule has 0 radical (unpaired) electrons. The molecular weight excluding hydrogens is 260 g/mol. The van der Waals surface area contributed by atoms with Gasteiger partial charge in [-0.05, 0) is 37.0 Å². The summed E-state index contributed by atoms with van der Waals surface area (Å²) in [6, 6.07) is 3.09. The summed E-state index contributed by atoms with van der Waals surface area (Å²) >= 11 is 0. The van der Waals surface area contributed by atoms with Gasteiger partial charge in [0.1, 0.15) is 24.0 Å². The van der Waals surface area contributed by atoms with Crippen LogP contribution in [-0.2, 0) is 11.3 Å². The largest absolute Gasteiger partial charge is 0.388 e. The number of rotatable bonds is 2. The molecule has 2 bridgehead atoms. The van der Waals surface area contributed by atoms with Crippen molar-refractivity contribution < 1.29 is 19.8 Å². The van der Waals surface area contributed by atoms with E-state index < -0.39 is 24.4 Å². The zero-order chi connectivity index (χ0) is 14.3. The highest BCUT2D eigenvalue weighted by atomic mass is 16.7. The highest BCUT2D eigenvalue weighted by Gasteiger charge is 2.50. The summed E-state index contributed by atoms with van der Waals surface area (Å²) in [5.74, 6) is -0.360. The molecule has 3 fully saturated rings. The fourth-order valence-electron chi connectivity index (χ4n) is 2.84. The summed E-state index contributed by atoms with van der Waals surface area (Å²) in [5, 5.41) is 21.0. The average Bonchev–Trinajstić information content (AvgIpc) is 2.51. The summed E-state index contributed by atoms with van der Waals surface area (Å²) in [6.45, 7) is 2.00. The van der Waals surface area contributed by atoms with Gasteiger partial charge in [-0.15, -0.1) is 0 Å². The lowest BCUT2D eigenvalue weighted by molar-refractivity contribution is -0.306. The number of hydroxylamine groups is 2. The van der Waals surface area contributed by atoms with E-state index in [1.54, 1.807) is 12.3 Å². The molecule has 20 heavy (non-hydrogen) atoms. The number of pyridine rings is 1. The molecular formula is C14H18N2O4. The Kier molecular flexibility index (Phi) is 3.45. The molecule has 4 atom stereocenters. The fourth-order valence-corrected chi connectivity index (χ4v) is 2.84. The number of fused-ring (bicyclic) bond motifs is 3. The molecule has 2 N–H and O–H groups in total. The van der Waals surface area contributed by atoms with Crippen LogP contribution in [0.4, 0.5) is 0 Å². The highest BCUT2D eigenvalue weighted by molar-refractivity contribution is 5.92. The molecule has 1 aromatic heterocycles. The monoisotopic (exact) mass is 278 g/mol. The Morgan fingerprint density at radius 3 is 2.95 bits per heavy atom. The highest BCUT2D eigenvalue weighted by Crippen LogP contribution is 2.34. The number of aliphatic hydroxyl groups is 2. The van der Waals surface area contributed by atoms with Crippen LogP contribution in [0.15, 0.2) is 18.3 Å². The van der Waals surface area contributed by atoms with Crippen molar-refractivity contribution in [1.29, 1.82) is 0 Å². The van der Waals surface area contributed by atoms with Gasteiger partial charge in [-0.1, -0.05) is 6.92 Å². The maximum absolute atomic E-state index is 12.5. The van der Waals surface area contributed by atoms with Gasteiger partial charge >= 0.3 is 0 Å². The third-order valence-corrected chi connectivity index (χ3v) is 4.07. The van der Waals surface area contributed by atoms with E-state index in [1.807, 2.05) is 13.0 Å². The van der Waals surface area contributed by atoms with E-state index in [0.717, 1.165) is 12.0 Å². The normalized spacial score (nSPS) is 32.5. The zero-order valence-corrected chi connectivity index (χ0v) is 11.3. The molecule has 6 nitrogen and oxygen atoms in total. The molecule has 0 aromatic carbocycles. The van der Waals surface area contributed by atoms with E-state index in [0.29, 0.717) is 18.5 Å². The van der Waals surface area contributed by atoms with Crippen molar-refractivity contribution in [2.75, 3.05) is 0 Å². The Labute approximate surface area is 117 Å². The average molecular weight is 278 g/mol. The molecule has 3 heterocycles. The third kappa shape index (κ3) is 2.09. The summed E-state index contributed by atoms with van der Waals surface area (Å²) < 4.78 is 0. The van der Waals surface area contributed by atoms with Gasteiger partial charge in [0.05, 0.1) is 6.04 Å². The number of aryl methyl sites for hydroxylation is 1. The number of aromatic nitrogens is 1. The van der Waals surface area contributed by atoms with Gasteiger partial charge in [0.25, 0.3) is 5.91 Å². The molecule has 2 saturated heterocycles. The molecule has 4 rings (SSSR count). The van der Waals surface area contributed by atoms with Gasteiger partial charge in [0.15, 0.2) is 0 Å². The third-order valence-electron chi connectivity index (χ3n) is 4.07. The van der Waals surface area contributed by atoms with Crippen molar-refractivity contribution in [3.8, 4) is 0 Å². The van der Waals surface area contributed by atoms with Gasteiger partial charge in [-0.3, -0.25) is 14.6 Å². The summed E-state index contributed by atoms with van der Waals surface area (Å²) in [5.41, 5.74) is 1.32. The van der Waals surface area contributed by atoms with Gasteiger partial charge in [0, 0.05) is 6.20 Å². The summed E-state index contributed by atoms with van der Waals surface area (Å²) in [6.07, 6.45) is 1.29. The topological polar surface area (TPSA) is 82.9 Å². The van der Waals surface area contributed by atoms with Crippen molar-refractivity contribution in [3.05, 3.63) is 29.6 Å². The lowest BCUT2D eigenvalue weighted by Crippen LogP contribution is -2.65. The minimum absolute atomic E-state index is 0.304. The van der Waals surface area contributed by atoms with Crippen LogP contribution >= 0.6 is 0 Å². The molecule has 3 aliphatic rings. The number of carbonyl (C=O) groups is 1. The molecule has 108 valence electrons. The molecule has 6 heteroatoms. The number of carbonyl (C=O) groups excluding carboxylic acids is 1. The maximum atomic E-state index is 12.5. The van der Waals surface area contributed by atoms with Crippen LogP contribution < -0.4 is 0 Å². The molecule has 1 aliphatic carbocycles. The second-order valence-corrected chi connectivity index (χ2v) is 5.30. The van der Waals surface area contributed by atoms with Crippen LogP contribution in [-0.4, -0.2) is 50.5 Å². The lowest BCUT2D eigenvalue weighted by atomic mass is 9.85. The molecule has 0 unspecified atom stereocenters. The van der Waals surface area contributed by atoms with E-state index in [-0.39, 0.29) is 5.91 Å². The number of nitrogens with zero attached hydrogens (tertiary/aromatic N) is 2. The van der Waals surface area contributed by atoms with Crippen molar-refractivity contribution in [1.82, 2.24) is 10.0 Å². The summed E-state index contributed by atoms with van der Waals surface area (Å²) in [7, 11) is 0. The van der Waals surface area contributed by atoms with E-state index in [9.17, 15) is 15.0 Å². The second kappa shape index (κ2) is 5.12. The molecule has 1 aromatic rings. The van der Waals surface area contributed by atoms with Crippen LogP contribution in [0.2, 0.25) is 0 Å². The second-order valence-electron chi connectivity index (χ2n) is 5.30. The van der Waals surface area contributed by atoms with Crippen molar-refractivity contribution in [2.45, 2.75) is 50.5 Å². The van der Waals surface area contributed by atoms with Crippen LogP contribution in [0.3, 0.4) is 0 Å². The van der Waals surface area contributed by atoms with Crippen LogP contribution in [0.1, 0.15) is 35.8 Å². The number of aliphatic hydroxyl groups excluding tert-OH is 2. The zero-order valence-electron chi connectivity index (χ0n) is 11.3. The molecule has 1 saturated carbocycles. The first-order valence-electron chi connectivity index (χ1n) is 6.93. The Morgan fingerprint density at radius 2 is 2.25 bits per heavy atom. The van der Waals surface area contributed by atoms with Crippen LogP contribution in [0, 0.1) is 0 Å². The molecule has 2 aliphatic heterocycles. The van der Waals surface area contributed by atoms with Gasteiger partial charge < -0.3 is 10.2 Å².